The molecule has 168 valence electrons. The van der Waals surface area contributed by atoms with Crippen molar-refractivity contribution in [3.8, 4) is 0 Å². The van der Waals surface area contributed by atoms with Crippen LogP contribution in [0.4, 0.5) is 13.2 Å². The van der Waals surface area contributed by atoms with Crippen molar-refractivity contribution in [3.63, 3.8) is 0 Å². The Labute approximate surface area is 176 Å². The highest BCUT2D eigenvalue weighted by molar-refractivity contribution is 7.89. The number of sulfonamides is 1. The minimum Gasteiger partial charge on any atom is -0.480 e. The van der Waals surface area contributed by atoms with Crippen LogP contribution in [0.25, 0.3) is 0 Å². The van der Waals surface area contributed by atoms with Crippen LogP contribution >= 0.6 is 0 Å². The van der Waals surface area contributed by atoms with Gasteiger partial charge in [0.1, 0.15) is 6.54 Å². The van der Waals surface area contributed by atoms with E-state index in [2.05, 4.69) is 5.10 Å². The number of carbonyl (C=O) groups excluding carboxylic acids is 1. The van der Waals surface area contributed by atoms with Gasteiger partial charge in [0.05, 0.1) is 22.7 Å². The number of carboxylic acids is 1. The molecule has 8 nitrogen and oxygen atoms in total. The summed E-state index contributed by atoms with van der Waals surface area (Å²) < 4.78 is 68.5. The van der Waals surface area contributed by atoms with Gasteiger partial charge in [0.2, 0.25) is 10.0 Å². The first-order valence-electron chi connectivity index (χ1n) is 9.30. The second-order valence-electron chi connectivity index (χ2n) is 7.33. The molecular weight excluding hydrogens is 439 g/mol. The number of hydrogen-bond acceptors (Lipinski definition) is 5. The van der Waals surface area contributed by atoms with Gasteiger partial charge >= 0.3 is 12.1 Å². The zero-order chi connectivity index (χ0) is 23.1. The van der Waals surface area contributed by atoms with E-state index in [0.29, 0.717) is 42.7 Å². The summed E-state index contributed by atoms with van der Waals surface area (Å²) in [7, 11) is -3.16. The van der Waals surface area contributed by atoms with E-state index in [0.717, 1.165) is 17.3 Å². The number of alkyl halides is 3. The summed E-state index contributed by atoms with van der Waals surface area (Å²) in [6, 6.07) is 1.33. The number of aliphatic carboxylic acids is 1. The molecule has 0 amide bonds. The van der Waals surface area contributed by atoms with E-state index in [-0.39, 0.29) is 12.1 Å². The van der Waals surface area contributed by atoms with Crippen LogP contribution in [-0.2, 0) is 34.0 Å². The number of aromatic nitrogens is 2. The first-order valence-corrected chi connectivity index (χ1v) is 10.7. The number of halogens is 3. The fraction of sp³-hybridized carbons (Fsp3) is 0.421. The third-order valence-electron chi connectivity index (χ3n) is 5.27. The van der Waals surface area contributed by atoms with E-state index in [9.17, 15) is 31.2 Å². The lowest BCUT2D eigenvalue weighted by Crippen LogP contribution is -2.33. The number of benzene rings is 1. The van der Waals surface area contributed by atoms with E-state index >= 15 is 0 Å². The zero-order valence-electron chi connectivity index (χ0n) is 16.7. The molecular formula is C19H20F3N3O5S. The Morgan fingerprint density at radius 3 is 2.55 bits per heavy atom. The van der Waals surface area contributed by atoms with Crippen LogP contribution in [0, 0.1) is 0 Å². The minimum absolute atomic E-state index is 0.361. The van der Waals surface area contributed by atoms with E-state index in [1.807, 2.05) is 0 Å². The Balaban J connectivity index is 2.04. The molecule has 31 heavy (non-hydrogen) atoms. The van der Waals surface area contributed by atoms with E-state index < -0.39 is 44.5 Å². The predicted octanol–water partition coefficient (Wildman–Crippen LogP) is 2.89. The number of ketones is 1. The second kappa shape index (κ2) is 8.08. The Morgan fingerprint density at radius 2 is 1.97 bits per heavy atom. The van der Waals surface area contributed by atoms with Gasteiger partial charge in [0.25, 0.3) is 0 Å². The number of rotatable bonds is 6. The van der Waals surface area contributed by atoms with Crippen molar-refractivity contribution in [2.24, 2.45) is 0 Å². The summed E-state index contributed by atoms with van der Waals surface area (Å²) in [5.41, 5.74) is -0.502. The number of hydrogen-bond donors (Lipinski definition) is 1. The van der Waals surface area contributed by atoms with Gasteiger partial charge in [-0.05, 0) is 44.4 Å². The molecule has 1 heterocycles. The maximum absolute atomic E-state index is 13.3. The number of fused-ring (bicyclic) bond motifs is 1. The fourth-order valence-corrected chi connectivity index (χ4v) is 5.12. The summed E-state index contributed by atoms with van der Waals surface area (Å²) in [4.78, 5) is 22.1. The Hall–Kier alpha value is -2.73. The van der Waals surface area contributed by atoms with Crippen molar-refractivity contribution in [1.29, 1.82) is 0 Å². The SMILES string of the molecule is CC(=O)c1cc(C(F)(F)F)cc(S(=O)(=O)N(C)C2CCCc3c2cnn3CC(=O)O)c1. The van der Waals surface area contributed by atoms with Crippen LogP contribution < -0.4 is 0 Å². The first kappa shape index (κ1) is 22.9. The third kappa shape index (κ3) is 4.49. The Bertz CT molecular complexity index is 1140. The normalized spacial score (nSPS) is 16.9. The summed E-state index contributed by atoms with van der Waals surface area (Å²) in [5.74, 6) is -1.80. The molecule has 2 aromatic rings. The van der Waals surface area contributed by atoms with Gasteiger partial charge in [-0.15, -0.1) is 0 Å². The molecule has 1 aromatic carbocycles. The highest BCUT2D eigenvalue weighted by Gasteiger charge is 2.37. The highest BCUT2D eigenvalue weighted by atomic mass is 32.2. The lowest BCUT2D eigenvalue weighted by Gasteiger charge is -2.31. The molecule has 1 atom stereocenters. The molecule has 0 spiro atoms. The van der Waals surface area contributed by atoms with Crippen LogP contribution in [-0.4, -0.2) is 46.4 Å². The van der Waals surface area contributed by atoms with Crippen molar-refractivity contribution in [2.75, 3.05) is 7.05 Å². The molecule has 0 radical (unpaired) electrons. The maximum Gasteiger partial charge on any atom is 0.416 e. The first-order chi connectivity index (χ1) is 14.3. The lowest BCUT2D eigenvalue weighted by molar-refractivity contribution is -0.138. The molecule has 0 fully saturated rings. The maximum atomic E-state index is 13.3. The Kier molecular flexibility index (Phi) is 5.98. The summed E-state index contributed by atoms with van der Waals surface area (Å²) in [5, 5.41) is 13.0. The van der Waals surface area contributed by atoms with Crippen molar-refractivity contribution in [2.45, 2.75) is 49.8 Å². The summed E-state index contributed by atoms with van der Waals surface area (Å²) in [6.45, 7) is 0.675. The zero-order valence-corrected chi connectivity index (χ0v) is 17.5. The van der Waals surface area contributed by atoms with Crippen molar-refractivity contribution < 1.29 is 36.3 Å². The minimum atomic E-state index is -4.83. The van der Waals surface area contributed by atoms with E-state index in [1.54, 1.807) is 0 Å². The fourth-order valence-electron chi connectivity index (χ4n) is 3.69. The molecule has 1 aliphatic carbocycles. The van der Waals surface area contributed by atoms with Gasteiger partial charge in [0.15, 0.2) is 5.78 Å². The highest BCUT2D eigenvalue weighted by Crippen LogP contribution is 2.38. The Morgan fingerprint density at radius 1 is 1.29 bits per heavy atom. The quantitative estimate of drug-likeness (QED) is 0.666. The van der Waals surface area contributed by atoms with E-state index in [4.69, 9.17) is 5.11 Å². The number of Topliss-reactive ketones (excluding diaryl/α,β-unsaturated/α-hetero) is 1. The van der Waals surface area contributed by atoms with Crippen LogP contribution in [0.3, 0.4) is 0 Å². The van der Waals surface area contributed by atoms with Gasteiger partial charge in [-0.25, -0.2) is 8.42 Å². The summed E-state index contributed by atoms with van der Waals surface area (Å²) in [6.07, 6.45) is -2.00. The average Bonchev–Trinajstić information content (AvgIpc) is 3.08. The van der Waals surface area contributed by atoms with Crippen LogP contribution in [0.15, 0.2) is 29.3 Å². The molecule has 3 rings (SSSR count). The van der Waals surface area contributed by atoms with Crippen molar-refractivity contribution >= 4 is 21.8 Å². The molecule has 0 saturated carbocycles. The number of nitrogens with zero attached hydrogens (tertiary/aromatic N) is 3. The molecule has 0 bridgehead atoms. The number of carboxylic acid groups (broad SMARTS) is 1. The lowest BCUT2D eigenvalue weighted by atomic mass is 9.93. The van der Waals surface area contributed by atoms with Gasteiger partial charge in [0, 0.05) is 23.9 Å². The molecule has 1 aromatic heterocycles. The van der Waals surface area contributed by atoms with E-state index in [1.165, 1.54) is 17.9 Å². The van der Waals surface area contributed by atoms with Crippen molar-refractivity contribution in [1.82, 2.24) is 14.1 Å². The number of carbonyl (C=O) groups is 2. The van der Waals surface area contributed by atoms with Crippen LogP contribution in [0.5, 0.6) is 0 Å². The molecule has 1 unspecified atom stereocenters. The molecule has 12 heteroatoms. The largest absolute Gasteiger partial charge is 0.480 e. The summed E-state index contributed by atoms with van der Waals surface area (Å²) >= 11 is 0. The predicted molar refractivity (Wildman–Crippen MR) is 102 cm³/mol. The monoisotopic (exact) mass is 459 g/mol. The van der Waals surface area contributed by atoms with Gasteiger partial charge in [-0.2, -0.15) is 22.6 Å². The van der Waals surface area contributed by atoms with Crippen LogP contribution in [0.1, 0.15) is 53.0 Å². The standard InChI is InChI=1S/C19H20F3N3O5S/c1-11(26)12-6-13(19(20,21)22)8-14(7-12)31(29,30)24(2)16-4-3-5-17-15(16)9-23-25(17)10-18(27)28/h6-9,16H,3-5,10H2,1-2H3,(H,27,28). The topological polar surface area (TPSA) is 110 Å². The van der Waals surface area contributed by atoms with Gasteiger partial charge in [-0.3, -0.25) is 14.3 Å². The molecule has 0 aliphatic heterocycles. The molecule has 0 saturated heterocycles. The second-order valence-corrected chi connectivity index (χ2v) is 9.32. The van der Waals surface area contributed by atoms with Gasteiger partial charge < -0.3 is 5.11 Å². The molecule has 1 aliphatic rings. The smallest absolute Gasteiger partial charge is 0.416 e. The average molecular weight is 459 g/mol. The van der Waals surface area contributed by atoms with Crippen LogP contribution in [0.2, 0.25) is 0 Å². The van der Waals surface area contributed by atoms with Gasteiger partial charge in [-0.1, -0.05) is 0 Å². The third-order valence-corrected chi connectivity index (χ3v) is 7.12. The molecule has 1 N–H and O–H groups in total. The van der Waals surface area contributed by atoms with Crippen molar-refractivity contribution in [3.05, 3.63) is 46.8 Å².